The van der Waals surface area contributed by atoms with Crippen molar-refractivity contribution in [2.24, 2.45) is 0 Å². The Morgan fingerprint density at radius 2 is 1.83 bits per heavy atom. The fourth-order valence-electron chi connectivity index (χ4n) is 2.75. The molecule has 1 aromatic heterocycles. The third-order valence-corrected chi connectivity index (χ3v) is 4.00. The monoisotopic (exact) mass is 314 g/mol. The minimum atomic E-state index is 0.663. The molecule has 0 bridgehead atoms. The van der Waals surface area contributed by atoms with Gasteiger partial charge in [-0.1, -0.05) is 6.07 Å². The second-order valence-corrected chi connectivity index (χ2v) is 5.50. The molecule has 0 atom stereocenters. The zero-order valence-corrected chi connectivity index (χ0v) is 13.6. The number of methoxy groups -OCH3 is 2. The zero-order chi connectivity index (χ0) is 16.1. The van der Waals surface area contributed by atoms with Gasteiger partial charge in [0.2, 0.25) is 0 Å². The summed E-state index contributed by atoms with van der Waals surface area (Å²) in [6.45, 7) is 2.81. The number of anilines is 2. The van der Waals surface area contributed by atoms with Crippen LogP contribution in [0.25, 0.3) is 0 Å². The average molecular weight is 314 g/mol. The van der Waals surface area contributed by atoms with Crippen molar-refractivity contribution in [3.05, 3.63) is 36.2 Å². The van der Waals surface area contributed by atoms with Gasteiger partial charge < -0.3 is 19.7 Å². The van der Waals surface area contributed by atoms with E-state index in [2.05, 4.69) is 20.2 Å². The number of hydrogen-bond acceptors (Lipinski definition) is 6. The lowest BCUT2D eigenvalue weighted by atomic mass is 10.2. The van der Waals surface area contributed by atoms with Crippen LogP contribution < -0.4 is 19.7 Å². The van der Waals surface area contributed by atoms with Crippen LogP contribution in [0.15, 0.2) is 30.6 Å². The summed E-state index contributed by atoms with van der Waals surface area (Å²) in [5.41, 5.74) is 1.10. The van der Waals surface area contributed by atoms with Crippen molar-refractivity contribution < 1.29 is 9.47 Å². The quantitative estimate of drug-likeness (QED) is 0.884. The fraction of sp³-hybridized carbons (Fsp3) is 0.412. The van der Waals surface area contributed by atoms with E-state index in [0.717, 1.165) is 41.8 Å². The SMILES string of the molecule is COc1ccc(CNc2cc(N3CCCC3)ncn2)cc1OC. The Labute approximate surface area is 136 Å². The molecular weight excluding hydrogens is 292 g/mol. The van der Waals surface area contributed by atoms with Crippen molar-refractivity contribution in [2.45, 2.75) is 19.4 Å². The van der Waals surface area contributed by atoms with Crippen molar-refractivity contribution in [1.82, 2.24) is 9.97 Å². The molecule has 3 rings (SSSR count). The summed E-state index contributed by atoms with van der Waals surface area (Å²) >= 11 is 0. The summed E-state index contributed by atoms with van der Waals surface area (Å²) in [6, 6.07) is 7.89. The van der Waals surface area contributed by atoms with Gasteiger partial charge in [0.1, 0.15) is 18.0 Å². The highest BCUT2D eigenvalue weighted by atomic mass is 16.5. The van der Waals surface area contributed by atoms with E-state index in [-0.39, 0.29) is 0 Å². The molecule has 0 aliphatic carbocycles. The Bertz CT molecular complexity index is 657. The van der Waals surface area contributed by atoms with Crippen molar-refractivity contribution in [1.29, 1.82) is 0 Å². The lowest BCUT2D eigenvalue weighted by Gasteiger charge is -2.16. The van der Waals surface area contributed by atoms with Crippen LogP contribution >= 0.6 is 0 Å². The third-order valence-electron chi connectivity index (χ3n) is 4.00. The number of nitrogens with zero attached hydrogens (tertiary/aromatic N) is 3. The number of nitrogens with one attached hydrogen (secondary N) is 1. The molecule has 2 aromatic rings. The van der Waals surface area contributed by atoms with Crippen LogP contribution in [0.1, 0.15) is 18.4 Å². The first-order valence-electron chi connectivity index (χ1n) is 7.82. The van der Waals surface area contributed by atoms with E-state index >= 15 is 0 Å². The van der Waals surface area contributed by atoms with Crippen molar-refractivity contribution >= 4 is 11.6 Å². The lowest BCUT2D eigenvalue weighted by Crippen LogP contribution is -2.19. The standard InChI is InChI=1S/C17H22N4O2/c1-22-14-6-5-13(9-15(14)23-2)11-18-16-10-17(20-12-19-16)21-7-3-4-8-21/h5-6,9-10,12H,3-4,7-8,11H2,1-2H3,(H,18,19,20). The van der Waals surface area contributed by atoms with Crippen molar-refractivity contribution in [3.8, 4) is 11.5 Å². The summed E-state index contributed by atoms with van der Waals surface area (Å²) in [5, 5.41) is 3.34. The van der Waals surface area contributed by atoms with E-state index in [1.807, 2.05) is 24.3 Å². The van der Waals surface area contributed by atoms with E-state index in [9.17, 15) is 0 Å². The molecule has 2 heterocycles. The van der Waals surface area contributed by atoms with Crippen LogP contribution in [-0.2, 0) is 6.54 Å². The molecule has 1 aromatic carbocycles. The van der Waals surface area contributed by atoms with Gasteiger partial charge >= 0.3 is 0 Å². The summed E-state index contributed by atoms with van der Waals surface area (Å²) in [7, 11) is 3.28. The van der Waals surface area contributed by atoms with Gasteiger partial charge in [-0.2, -0.15) is 0 Å². The molecule has 1 aliphatic rings. The van der Waals surface area contributed by atoms with Crippen LogP contribution in [-0.4, -0.2) is 37.3 Å². The number of benzene rings is 1. The second-order valence-electron chi connectivity index (χ2n) is 5.50. The molecule has 6 heteroatoms. The zero-order valence-electron chi connectivity index (χ0n) is 13.6. The predicted molar refractivity (Wildman–Crippen MR) is 90.4 cm³/mol. The molecule has 0 amide bonds. The van der Waals surface area contributed by atoms with E-state index in [0.29, 0.717) is 6.54 Å². The first-order valence-corrected chi connectivity index (χ1v) is 7.82. The Morgan fingerprint density at radius 3 is 2.57 bits per heavy atom. The third kappa shape index (κ3) is 3.64. The molecular formula is C17H22N4O2. The maximum atomic E-state index is 5.33. The molecule has 1 fully saturated rings. The van der Waals surface area contributed by atoms with E-state index in [1.165, 1.54) is 12.8 Å². The average Bonchev–Trinajstić information content (AvgIpc) is 3.14. The Kier molecular flexibility index (Phi) is 4.80. The molecule has 6 nitrogen and oxygen atoms in total. The summed E-state index contributed by atoms with van der Waals surface area (Å²) in [6.07, 6.45) is 4.08. The van der Waals surface area contributed by atoms with E-state index in [1.54, 1.807) is 20.5 Å². The fourth-order valence-corrected chi connectivity index (χ4v) is 2.75. The topological polar surface area (TPSA) is 59.5 Å². The van der Waals surface area contributed by atoms with Gasteiger partial charge in [-0.25, -0.2) is 9.97 Å². The Morgan fingerprint density at radius 1 is 1.04 bits per heavy atom. The van der Waals surface area contributed by atoms with Crippen LogP contribution in [0.5, 0.6) is 11.5 Å². The minimum absolute atomic E-state index is 0.663. The van der Waals surface area contributed by atoms with Gasteiger partial charge in [0, 0.05) is 25.7 Å². The van der Waals surface area contributed by atoms with Crippen molar-refractivity contribution in [2.75, 3.05) is 37.5 Å². The number of hydrogen-bond donors (Lipinski definition) is 1. The van der Waals surface area contributed by atoms with Crippen LogP contribution in [0.2, 0.25) is 0 Å². The van der Waals surface area contributed by atoms with E-state index < -0.39 is 0 Å². The number of aromatic nitrogens is 2. The highest BCUT2D eigenvalue weighted by Crippen LogP contribution is 2.28. The molecule has 0 radical (unpaired) electrons. The molecule has 0 saturated carbocycles. The first kappa shape index (κ1) is 15.4. The molecule has 122 valence electrons. The predicted octanol–water partition coefficient (Wildman–Crippen LogP) is 2.71. The highest BCUT2D eigenvalue weighted by molar-refractivity contribution is 5.50. The first-order chi connectivity index (χ1) is 11.3. The van der Waals surface area contributed by atoms with Crippen LogP contribution in [0, 0.1) is 0 Å². The molecule has 0 unspecified atom stereocenters. The molecule has 1 saturated heterocycles. The summed E-state index contributed by atoms with van der Waals surface area (Å²) in [5.74, 6) is 3.28. The van der Waals surface area contributed by atoms with Crippen LogP contribution in [0.4, 0.5) is 11.6 Å². The highest BCUT2D eigenvalue weighted by Gasteiger charge is 2.14. The Hall–Kier alpha value is -2.50. The van der Waals surface area contributed by atoms with E-state index in [4.69, 9.17) is 9.47 Å². The maximum absolute atomic E-state index is 5.33. The summed E-state index contributed by atoms with van der Waals surface area (Å²) < 4.78 is 10.6. The maximum Gasteiger partial charge on any atom is 0.161 e. The van der Waals surface area contributed by atoms with Gasteiger partial charge in [-0.15, -0.1) is 0 Å². The smallest absolute Gasteiger partial charge is 0.161 e. The molecule has 1 aliphatic heterocycles. The molecule has 0 spiro atoms. The summed E-state index contributed by atoms with van der Waals surface area (Å²) in [4.78, 5) is 11.0. The number of ether oxygens (including phenoxy) is 2. The van der Waals surface area contributed by atoms with Gasteiger partial charge in [0.25, 0.3) is 0 Å². The minimum Gasteiger partial charge on any atom is -0.493 e. The molecule has 23 heavy (non-hydrogen) atoms. The lowest BCUT2D eigenvalue weighted by molar-refractivity contribution is 0.354. The number of rotatable bonds is 6. The van der Waals surface area contributed by atoms with Crippen LogP contribution in [0.3, 0.4) is 0 Å². The van der Waals surface area contributed by atoms with Gasteiger partial charge in [-0.05, 0) is 30.5 Å². The normalized spacial score (nSPS) is 13.9. The van der Waals surface area contributed by atoms with Crippen molar-refractivity contribution in [3.63, 3.8) is 0 Å². The Balaban J connectivity index is 1.67. The van der Waals surface area contributed by atoms with Gasteiger partial charge in [0.05, 0.1) is 14.2 Å². The van der Waals surface area contributed by atoms with Gasteiger partial charge in [0.15, 0.2) is 11.5 Å². The molecule has 1 N–H and O–H groups in total. The second kappa shape index (κ2) is 7.17. The largest absolute Gasteiger partial charge is 0.493 e. The van der Waals surface area contributed by atoms with Gasteiger partial charge in [-0.3, -0.25) is 0 Å².